The van der Waals surface area contributed by atoms with Crippen molar-refractivity contribution in [3.8, 4) is 0 Å². The standard InChI is InChI=1S/C12H18N2O8/c1-22-9-6(13-4-8(16)17)2-12(21,5-15)3-7(9)14-10(18)11(19)20/h10,13,15,18,21H,2-5H2,1H3,(H,16,17)(H,19,20)/b14-7+. The first-order chi connectivity index (χ1) is 10.2. The molecule has 1 rings (SSSR count). The molecular weight excluding hydrogens is 300 g/mol. The van der Waals surface area contributed by atoms with E-state index >= 15 is 0 Å². The second-order valence-corrected chi connectivity index (χ2v) is 4.78. The number of carboxylic acid groups (broad SMARTS) is 2. The van der Waals surface area contributed by atoms with Crippen LogP contribution < -0.4 is 5.32 Å². The molecule has 10 heteroatoms. The fourth-order valence-electron chi connectivity index (χ4n) is 2.02. The molecule has 1 aliphatic rings. The van der Waals surface area contributed by atoms with Gasteiger partial charge >= 0.3 is 11.9 Å². The first kappa shape index (κ1) is 17.9. The van der Waals surface area contributed by atoms with Crippen LogP contribution in [-0.4, -0.2) is 75.3 Å². The SMILES string of the molecule is COC1=C(NCC(=O)O)CC(O)(CO)C/C1=N\C(O)C(=O)O. The highest BCUT2D eigenvalue weighted by Gasteiger charge is 2.38. The number of carboxylic acids is 2. The molecule has 0 radical (unpaired) electrons. The summed E-state index contributed by atoms with van der Waals surface area (Å²) >= 11 is 0. The minimum Gasteiger partial charge on any atom is -0.493 e. The van der Waals surface area contributed by atoms with Gasteiger partial charge in [0.05, 0.1) is 30.7 Å². The van der Waals surface area contributed by atoms with Crippen LogP contribution in [0.3, 0.4) is 0 Å². The van der Waals surface area contributed by atoms with Gasteiger partial charge in [-0.2, -0.15) is 0 Å². The zero-order valence-corrected chi connectivity index (χ0v) is 11.8. The Kier molecular flexibility index (Phi) is 5.85. The van der Waals surface area contributed by atoms with Gasteiger partial charge in [0.1, 0.15) is 6.54 Å². The molecule has 0 saturated carbocycles. The summed E-state index contributed by atoms with van der Waals surface area (Å²) in [6, 6.07) is 0. The summed E-state index contributed by atoms with van der Waals surface area (Å²) in [6.07, 6.45) is -2.46. The van der Waals surface area contributed by atoms with Gasteiger partial charge in [0, 0.05) is 12.8 Å². The molecule has 2 unspecified atom stereocenters. The normalized spacial score (nSPS) is 25.0. The van der Waals surface area contributed by atoms with E-state index in [9.17, 15) is 24.9 Å². The first-order valence-electron chi connectivity index (χ1n) is 6.26. The molecule has 0 aromatic carbocycles. The molecule has 0 amide bonds. The van der Waals surface area contributed by atoms with Crippen molar-refractivity contribution in [3.05, 3.63) is 11.5 Å². The van der Waals surface area contributed by atoms with Gasteiger partial charge in [-0.15, -0.1) is 0 Å². The zero-order chi connectivity index (χ0) is 16.9. The van der Waals surface area contributed by atoms with E-state index in [0.29, 0.717) is 0 Å². The van der Waals surface area contributed by atoms with Crippen LogP contribution >= 0.6 is 0 Å². The summed E-state index contributed by atoms with van der Waals surface area (Å²) < 4.78 is 5.06. The number of nitrogens with one attached hydrogen (secondary N) is 1. The Balaban J connectivity index is 3.23. The van der Waals surface area contributed by atoms with Gasteiger partial charge < -0.3 is 35.6 Å². The van der Waals surface area contributed by atoms with Crippen molar-refractivity contribution in [1.82, 2.24) is 5.32 Å². The number of hydrogen-bond acceptors (Lipinski definition) is 8. The third-order valence-corrected chi connectivity index (χ3v) is 2.99. The molecule has 6 N–H and O–H groups in total. The number of aliphatic hydroxyl groups excluding tert-OH is 2. The minimum absolute atomic E-state index is 0.0275. The lowest BCUT2D eigenvalue weighted by Gasteiger charge is -2.34. The van der Waals surface area contributed by atoms with Gasteiger partial charge in [-0.05, 0) is 0 Å². The van der Waals surface area contributed by atoms with Crippen molar-refractivity contribution in [1.29, 1.82) is 0 Å². The Labute approximate surface area is 125 Å². The van der Waals surface area contributed by atoms with Crippen LogP contribution in [0, 0.1) is 0 Å². The monoisotopic (exact) mass is 318 g/mol. The van der Waals surface area contributed by atoms with E-state index in [0.717, 1.165) is 0 Å². The number of ether oxygens (including phenoxy) is 1. The van der Waals surface area contributed by atoms with Crippen molar-refractivity contribution >= 4 is 17.7 Å². The second kappa shape index (κ2) is 7.20. The average Bonchev–Trinajstić information content (AvgIpc) is 2.44. The molecule has 22 heavy (non-hydrogen) atoms. The molecule has 0 fully saturated rings. The fraction of sp³-hybridized carbons (Fsp3) is 0.583. The number of aliphatic hydroxyl groups is 3. The van der Waals surface area contributed by atoms with Crippen LogP contribution in [0.2, 0.25) is 0 Å². The zero-order valence-electron chi connectivity index (χ0n) is 11.8. The molecule has 0 bridgehead atoms. The number of allylic oxidation sites excluding steroid dienone is 1. The summed E-state index contributed by atoms with van der Waals surface area (Å²) in [4.78, 5) is 24.8. The molecule has 0 saturated heterocycles. The van der Waals surface area contributed by atoms with Gasteiger partial charge in [0.15, 0.2) is 5.76 Å². The van der Waals surface area contributed by atoms with Gasteiger partial charge in [-0.25, -0.2) is 9.79 Å². The Bertz CT molecular complexity index is 515. The molecule has 0 aliphatic heterocycles. The number of methoxy groups -OCH3 is 1. The van der Waals surface area contributed by atoms with E-state index in [1.54, 1.807) is 0 Å². The lowest BCUT2D eigenvalue weighted by atomic mass is 9.85. The Morgan fingerprint density at radius 3 is 2.50 bits per heavy atom. The third-order valence-electron chi connectivity index (χ3n) is 2.99. The van der Waals surface area contributed by atoms with Gasteiger partial charge in [0.2, 0.25) is 6.23 Å². The lowest BCUT2D eigenvalue weighted by molar-refractivity contribution is -0.146. The highest BCUT2D eigenvalue weighted by molar-refractivity contribution is 6.01. The molecule has 2 atom stereocenters. The van der Waals surface area contributed by atoms with Crippen LogP contribution in [0.1, 0.15) is 12.8 Å². The van der Waals surface area contributed by atoms with Gasteiger partial charge in [0.25, 0.3) is 0 Å². The van der Waals surface area contributed by atoms with Crippen LogP contribution in [0.15, 0.2) is 16.4 Å². The number of carbonyl (C=O) groups is 2. The molecule has 1 aliphatic carbocycles. The van der Waals surface area contributed by atoms with E-state index in [1.807, 2.05) is 0 Å². The molecule has 0 spiro atoms. The van der Waals surface area contributed by atoms with Crippen molar-refractivity contribution in [2.45, 2.75) is 24.7 Å². The summed E-state index contributed by atoms with van der Waals surface area (Å²) in [5.74, 6) is -2.73. The van der Waals surface area contributed by atoms with Crippen LogP contribution in [0.25, 0.3) is 0 Å². The van der Waals surface area contributed by atoms with Crippen molar-refractivity contribution in [2.75, 3.05) is 20.3 Å². The number of rotatable bonds is 7. The van der Waals surface area contributed by atoms with E-state index in [1.165, 1.54) is 7.11 Å². The van der Waals surface area contributed by atoms with Crippen LogP contribution in [0.4, 0.5) is 0 Å². The summed E-state index contributed by atoms with van der Waals surface area (Å²) in [5, 5.41) is 48.7. The molecule has 0 aromatic heterocycles. The quantitative estimate of drug-likeness (QED) is 0.307. The number of aliphatic carboxylic acids is 2. The van der Waals surface area contributed by atoms with Crippen molar-refractivity contribution in [3.63, 3.8) is 0 Å². The summed E-state index contributed by atoms with van der Waals surface area (Å²) in [5.41, 5.74) is -1.61. The maximum Gasteiger partial charge on any atom is 0.355 e. The third kappa shape index (κ3) is 4.41. The van der Waals surface area contributed by atoms with E-state index in [-0.39, 0.29) is 30.0 Å². The largest absolute Gasteiger partial charge is 0.493 e. The molecule has 0 heterocycles. The van der Waals surface area contributed by atoms with E-state index < -0.39 is 36.9 Å². The van der Waals surface area contributed by atoms with Crippen molar-refractivity contribution in [2.24, 2.45) is 4.99 Å². The maximum atomic E-state index is 10.7. The fourth-order valence-corrected chi connectivity index (χ4v) is 2.02. The van der Waals surface area contributed by atoms with Crippen LogP contribution in [0.5, 0.6) is 0 Å². The molecule has 124 valence electrons. The smallest absolute Gasteiger partial charge is 0.355 e. The average molecular weight is 318 g/mol. The number of aliphatic imine (C=N–C) groups is 1. The second-order valence-electron chi connectivity index (χ2n) is 4.78. The lowest BCUT2D eigenvalue weighted by Crippen LogP contribution is -2.44. The summed E-state index contributed by atoms with van der Waals surface area (Å²) in [6.45, 7) is -1.14. The number of nitrogens with zero attached hydrogens (tertiary/aromatic N) is 1. The highest BCUT2D eigenvalue weighted by Crippen LogP contribution is 2.30. The topological polar surface area (TPSA) is 169 Å². The Hall–Kier alpha value is -2.17. The Morgan fingerprint density at radius 1 is 1.41 bits per heavy atom. The predicted octanol–water partition coefficient (Wildman–Crippen LogP) is -2.12. The molecule has 0 aromatic rings. The first-order valence-corrected chi connectivity index (χ1v) is 6.26. The predicted molar refractivity (Wildman–Crippen MR) is 72.0 cm³/mol. The van der Waals surface area contributed by atoms with Gasteiger partial charge in [-0.1, -0.05) is 0 Å². The molecular formula is C12H18N2O8. The summed E-state index contributed by atoms with van der Waals surface area (Å²) in [7, 11) is 1.25. The number of hydrogen-bond donors (Lipinski definition) is 6. The van der Waals surface area contributed by atoms with Gasteiger partial charge in [-0.3, -0.25) is 4.79 Å². The van der Waals surface area contributed by atoms with E-state index in [4.69, 9.17) is 14.9 Å². The molecule has 10 nitrogen and oxygen atoms in total. The maximum absolute atomic E-state index is 10.7. The van der Waals surface area contributed by atoms with Crippen molar-refractivity contribution < 1.29 is 39.9 Å². The Morgan fingerprint density at radius 2 is 2.05 bits per heavy atom. The highest BCUT2D eigenvalue weighted by atomic mass is 16.5. The van der Waals surface area contributed by atoms with E-state index in [2.05, 4.69) is 10.3 Å². The minimum atomic E-state index is -2.07. The van der Waals surface area contributed by atoms with Crippen LogP contribution in [-0.2, 0) is 14.3 Å².